The Morgan fingerprint density at radius 2 is 1.27 bits per heavy atom. The van der Waals surface area contributed by atoms with Crippen molar-refractivity contribution < 1.29 is 19.1 Å². The Labute approximate surface area is 175 Å². The molecule has 3 aromatic carbocycles. The summed E-state index contributed by atoms with van der Waals surface area (Å²) in [5.74, 6) is -1.33. The van der Waals surface area contributed by atoms with Crippen molar-refractivity contribution in [3.8, 4) is 0 Å². The van der Waals surface area contributed by atoms with Crippen LogP contribution in [0.25, 0.3) is 11.1 Å². The number of methoxy groups -OCH3 is 2. The highest BCUT2D eigenvalue weighted by atomic mass is 16.5. The number of rotatable bonds is 4. The summed E-state index contributed by atoms with van der Waals surface area (Å²) in [6.07, 6.45) is 0. The van der Waals surface area contributed by atoms with Crippen molar-refractivity contribution in [2.75, 3.05) is 14.2 Å². The molecule has 30 heavy (non-hydrogen) atoms. The molecule has 0 aromatic heterocycles. The Hall–Kier alpha value is -3.66. The number of fused-ring (bicyclic) bond motifs is 1. The molecule has 0 spiro atoms. The summed E-state index contributed by atoms with van der Waals surface area (Å²) in [6, 6.07) is 25.0. The number of aryl methyl sites for hydroxylation is 1. The maximum Gasteiger partial charge on any atom is 0.332 e. The molecule has 0 saturated carbocycles. The molecule has 0 N–H and O–H groups in total. The van der Waals surface area contributed by atoms with Crippen molar-refractivity contribution in [2.45, 2.75) is 12.3 Å². The minimum atomic E-state index is -1.71. The maximum atomic E-state index is 13.4. The SMILES string of the molecule is COC(=O)C1(C(=O)OC)C(c2ccccc2)=C(c2ccc(C)cc2)c2ccccc21. The largest absolute Gasteiger partial charge is 0.468 e. The number of esters is 2. The Balaban J connectivity index is 2.19. The zero-order valence-electron chi connectivity index (χ0n) is 17.1. The van der Waals surface area contributed by atoms with Gasteiger partial charge in [0.2, 0.25) is 5.41 Å². The molecule has 4 heteroatoms. The topological polar surface area (TPSA) is 52.6 Å². The van der Waals surface area contributed by atoms with Gasteiger partial charge in [-0.2, -0.15) is 0 Å². The molecular formula is C26H22O4. The van der Waals surface area contributed by atoms with Gasteiger partial charge in [-0.25, -0.2) is 0 Å². The van der Waals surface area contributed by atoms with Gasteiger partial charge in [0.1, 0.15) is 0 Å². The summed E-state index contributed by atoms with van der Waals surface area (Å²) in [4.78, 5) is 26.7. The first-order valence-corrected chi connectivity index (χ1v) is 9.69. The highest BCUT2D eigenvalue weighted by molar-refractivity contribution is 6.27. The van der Waals surface area contributed by atoms with Crippen molar-refractivity contribution in [1.29, 1.82) is 0 Å². The summed E-state index contributed by atoms with van der Waals surface area (Å²) in [5, 5.41) is 0. The second-order valence-corrected chi connectivity index (χ2v) is 7.26. The molecule has 150 valence electrons. The number of carbonyl (C=O) groups excluding carboxylic acids is 2. The first kappa shape index (κ1) is 19.6. The summed E-state index contributed by atoms with van der Waals surface area (Å²) in [6.45, 7) is 2.02. The first-order valence-electron chi connectivity index (χ1n) is 9.69. The predicted molar refractivity (Wildman–Crippen MR) is 116 cm³/mol. The molecular weight excluding hydrogens is 376 g/mol. The quantitative estimate of drug-likeness (QED) is 0.478. The third-order valence-corrected chi connectivity index (χ3v) is 5.61. The van der Waals surface area contributed by atoms with Gasteiger partial charge in [0.25, 0.3) is 0 Å². The van der Waals surface area contributed by atoms with E-state index in [1.807, 2.05) is 79.7 Å². The Morgan fingerprint density at radius 1 is 0.700 bits per heavy atom. The van der Waals surface area contributed by atoms with Gasteiger partial charge in [-0.15, -0.1) is 0 Å². The van der Waals surface area contributed by atoms with E-state index in [0.29, 0.717) is 11.1 Å². The van der Waals surface area contributed by atoms with Crippen LogP contribution in [-0.4, -0.2) is 26.2 Å². The number of benzene rings is 3. The molecule has 4 rings (SSSR count). The standard InChI is InChI=1S/C26H22O4/c1-17-13-15-18(16-14-17)22-20-11-7-8-12-21(20)26(24(27)29-2,25(28)30-3)23(22)19-9-5-4-6-10-19/h4-16H,1-3H3. The van der Waals surface area contributed by atoms with Crippen molar-refractivity contribution in [3.63, 3.8) is 0 Å². The lowest BCUT2D eigenvalue weighted by Gasteiger charge is -2.28. The number of carbonyl (C=O) groups is 2. The second kappa shape index (κ2) is 7.64. The van der Waals surface area contributed by atoms with E-state index in [1.54, 1.807) is 6.07 Å². The lowest BCUT2D eigenvalue weighted by Crippen LogP contribution is -2.45. The van der Waals surface area contributed by atoms with Gasteiger partial charge in [0.05, 0.1) is 14.2 Å². The average molecular weight is 398 g/mol. The fourth-order valence-corrected chi connectivity index (χ4v) is 4.28. The highest BCUT2D eigenvalue weighted by Gasteiger charge is 2.59. The van der Waals surface area contributed by atoms with E-state index in [4.69, 9.17) is 9.47 Å². The fraction of sp³-hybridized carbons (Fsp3) is 0.154. The molecule has 0 radical (unpaired) electrons. The molecule has 4 nitrogen and oxygen atoms in total. The molecule has 0 amide bonds. The zero-order valence-corrected chi connectivity index (χ0v) is 17.1. The van der Waals surface area contributed by atoms with Crippen LogP contribution in [0, 0.1) is 6.92 Å². The van der Waals surface area contributed by atoms with Crippen LogP contribution in [0.15, 0.2) is 78.9 Å². The minimum Gasteiger partial charge on any atom is -0.468 e. The molecule has 0 fully saturated rings. The van der Waals surface area contributed by atoms with E-state index in [1.165, 1.54) is 14.2 Å². The van der Waals surface area contributed by atoms with E-state index in [9.17, 15) is 9.59 Å². The molecule has 0 heterocycles. The van der Waals surface area contributed by atoms with Crippen LogP contribution in [-0.2, 0) is 24.5 Å². The molecule has 3 aromatic rings. The van der Waals surface area contributed by atoms with Crippen molar-refractivity contribution in [1.82, 2.24) is 0 Å². The van der Waals surface area contributed by atoms with E-state index < -0.39 is 17.4 Å². The Kier molecular flexibility index (Phi) is 5.00. The highest BCUT2D eigenvalue weighted by Crippen LogP contribution is 2.54. The molecule has 1 aliphatic carbocycles. The molecule has 0 atom stereocenters. The van der Waals surface area contributed by atoms with Gasteiger partial charge >= 0.3 is 11.9 Å². The van der Waals surface area contributed by atoms with E-state index in [-0.39, 0.29) is 0 Å². The summed E-state index contributed by atoms with van der Waals surface area (Å²) in [7, 11) is 2.59. The fourth-order valence-electron chi connectivity index (χ4n) is 4.28. The lowest BCUT2D eigenvalue weighted by molar-refractivity contribution is -0.158. The maximum absolute atomic E-state index is 13.4. The van der Waals surface area contributed by atoms with Crippen LogP contribution in [0.1, 0.15) is 27.8 Å². The van der Waals surface area contributed by atoms with Crippen LogP contribution in [0.2, 0.25) is 0 Å². The molecule has 0 aliphatic heterocycles. The number of hydrogen-bond acceptors (Lipinski definition) is 4. The third-order valence-electron chi connectivity index (χ3n) is 5.61. The molecule has 0 bridgehead atoms. The second-order valence-electron chi connectivity index (χ2n) is 7.26. The van der Waals surface area contributed by atoms with Crippen molar-refractivity contribution >= 4 is 23.1 Å². The summed E-state index contributed by atoms with van der Waals surface area (Å²) < 4.78 is 10.4. The zero-order chi connectivity index (χ0) is 21.3. The lowest BCUT2D eigenvalue weighted by atomic mass is 9.74. The van der Waals surface area contributed by atoms with Crippen molar-refractivity contribution in [3.05, 3.63) is 107 Å². The van der Waals surface area contributed by atoms with Gasteiger partial charge in [0, 0.05) is 5.57 Å². The monoisotopic (exact) mass is 398 g/mol. The van der Waals surface area contributed by atoms with Gasteiger partial charge in [-0.1, -0.05) is 84.4 Å². The van der Waals surface area contributed by atoms with Crippen LogP contribution in [0.5, 0.6) is 0 Å². The van der Waals surface area contributed by atoms with Crippen LogP contribution in [0.3, 0.4) is 0 Å². The first-order chi connectivity index (χ1) is 14.6. The minimum absolute atomic E-state index is 0.568. The molecule has 1 aliphatic rings. The smallest absolute Gasteiger partial charge is 0.332 e. The van der Waals surface area contributed by atoms with Crippen LogP contribution >= 0.6 is 0 Å². The normalized spacial score (nSPS) is 14.2. The van der Waals surface area contributed by atoms with Crippen LogP contribution in [0.4, 0.5) is 0 Å². The van der Waals surface area contributed by atoms with E-state index in [2.05, 4.69) is 0 Å². The third kappa shape index (κ3) is 2.76. The summed E-state index contributed by atoms with van der Waals surface area (Å²) >= 11 is 0. The summed E-state index contributed by atoms with van der Waals surface area (Å²) in [5.41, 5.74) is 3.89. The number of ether oxygens (including phenoxy) is 2. The van der Waals surface area contributed by atoms with Gasteiger partial charge in [0.15, 0.2) is 0 Å². The van der Waals surface area contributed by atoms with Gasteiger partial charge in [-0.05, 0) is 34.8 Å². The van der Waals surface area contributed by atoms with E-state index >= 15 is 0 Å². The molecule has 0 unspecified atom stereocenters. The Bertz CT molecular complexity index is 1130. The van der Waals surface area contributed by atoms with Crippen molar-refractivity contribution in [2.24, 2.45) is 0 Å². The average Bonchev–Trinajstić information content (AvgIpc) is 3.11. The van der Waals surface area contributed by atoms with Crippen LogP contribution < -0.4 is 0 Å². The van der Waals surface area contributed by atoms with E-state index in [0.717, 1.165) is 27.8 Å². The van der Waals surface area contributed by atoms with Gasteiger partial charge < -0.3 is 9.47 Å². The molecule has 0 saturated heterocycles. The van der Waals surface area contributed by atoms with Gasteiger partial charge in [-0.3, -0.25) is 9.59 Å². The predicted octanol–water partition coefficient (Wildman–Crippen LogP) is 4.55. The Morgan fingerprint density at radius 3 is 1.87 bits per heavy atom. The number of hydrogen-bond donors (Lipinski definition) is 0.